The highest BCUT2D eigenvalue weighted by atomic mass is 79.9. The van der Waals surface area contributed by atoms with Crippen molar-refractivity contribution in [3.63, 3.8) is 0 Å². The lowest BCUT2D eigenvalue weighted by Gasteiger charge is -2.16. The van der Waals surface area contributed by atoms with Crippen LogP contribution in [-0.4, -0.2) is 0 Å². The molecule has 0 nitrogen and oxygen atoms in total. The van der Waals surface area contributed by atoms with Gasteiger partial charge in [0.25, 0.3) is 0 Å². The summed E-state index contributed by atoms with van der Waals surface area (Å²) in [4.78, 5) is 0. The molecule has 1 atom stereocenters. The third-order valence-electron chi connectivity index (χ3n) is 4.02. The molecule has 0 aromatic heterocycles. The fourth-order valence-corrected chi connectivity index (χ4v) is 3.39. The number of rotatable bonds is 1. The SMILES string of the molecule is CCC1CCc2ccccc2-c2cc(Br)ccc21. The zero-order valence-corrected chi connectivity index (χ0v) is 12.2. The quantitative estimate of drug-likeness (QED) is 0.647. The van der Waals surface area contributed by atoms with Crippen LogP contribution in [0.1, 0.15) is 36.8 Å². The predicted octanol–water partition coefficient (Wildman–Crippen LogP) is 5.56. The van der Waals surface area contributed by atoms with Crippen LogP contribution < -0.4 is 0 Å². The van der Waals surface area contributed by atoms with Gasteiger partial charge in [-0.3, -0.25) is 0 Å². The summed E-state index contributed by atoms with van der Waals surface area (Å²) in [5, 5.41) is 0. The van der Waals surface area contributed by atoms with Crippen molar-refractivity contribution in [3.05, 3.63) is 58.1 Å². The van der Waals surface area contributed by atoms with Gasteiger partial charge >= 0.3 is 0 Å². The van der Waals surface area contributed by atoms with E-state index in [9.17, 15) is 0 Å². The molecule has 92 valence electrons. The van der Waals surface area contributed by atoms with E-state index in [1.165, 1.54) is 46.0 Å². The highest BCUT2D eigenvalue weighted by Crippen LogP contribution is 2.40. The van der Waals surface area contributed by atoms with Gasteiger partial charge in [-0.25, -0.2) is 0 Å². The van der Waals surface area contributed by atoms with Gasteiger partial charge in [-0.05, 0) is 59.6 Å². The Morgan fingerprint density at radius 3 is 2.78 bits per heavy atom. The van der Waals surface area contributed by atoms with Crippen LogP contribution >= 0.6 is 15.9 Å². The van der Waals surface area contributed by atoms with Gasteiger partial charge in [0.2, 0.25) is 0 Å². The van der Waals surface area contributed by atoms with E-state index >= 15 is 0 Å². The summed E-state index contributed by atoms with van der Waals surface area (Å²) in [6, 6.07) is 15.6. The van der Waals surface area contributed by atoms with Gasteiger partial charge in [0.1, 0.15) is 0 Å². The van der Waals surface area contributed by atoms with E-state index in [1.54, 1.807) is 0 Å². The Balaban J connectivity index is 2.25. The number of fused-ring (bicyclic) bond motifs is 3. The van der Waals surface area contributed by atoms with E-state index in [2.05, 4.69) is 65.3 Å². The summed E-state index contributed by atoms with van der Waals surface area (Å²) < 4.78 is 1.17. The fourth-order valence-electron chi connectivity index (χ4n) is 3.03. The molecule has 3 rings (SSSR count). The second-order valence-corrected chi connectivity index (χ2v) is 5.95. The maximum absolute atomic E-state index is 3.61. The van der Waals surface area contributed by atoms with Gasteiger partial charge in [-0.15, -0.1) is 0 Å². The standard InChI is InChI=1S/C17H17Br/c1-2-12-7-8-13-5-3-4-6-15(13)17-11-14(18)9-10-16(12)17/h3-6,9-12H,2,7-8H2,1H3. The molecular formula is C17H17Br. The lowest BCUT2D eigenvalue weighted by atomic mass is 9.89. The van der Waals surface area contributed by atoms with Gasteiger partial charge < -0.3 is 0 Å². The molecule has 0 saturated carbocycles. The van der Waals surface area contributed by atoms with Crippen LogP contribution in [0.15, 0.2) is 46.9 Å². The van der Waals surface area contributed by atoms with E-state index in [-0.39, 0.29) is 0 Å². The minimum absolute atomic E-state index is 0.695. The largest absolute Gasteiger partial charge is 0.0648 e. The van der Waals surface area contributed by atoms with Crippen molar-refractivity contribution >= 4 is 15.9 Å². The molecule has 2 aromatic carbocycles. The van der Waals surface area contributed by atoms with Crippen molar-refractivity contribution in [3.8, 4) is 11.1 Å². The summed E-state index contributed by atoms with van der Waals surface area (Å²) in [5.74, 6) is 0.695. The molecule has 1 aliphatic carbocycles. The average Bonchev–Trinajstić information content (AvgIpc) is 2.55. The van der Waals surface area contributed by atoms with E-state index in [0.29, 0.717) is 5.92 Å². The molecule has 0 radical (unpaired) electrons. The summed E-state index contributed by atoms with van der Waals surface area (Å²) in [5.41, 5.74) is 5.85. The molecule has 1 aliphatic rings. The minimum Gasteiger partial charge on any atom is -0.0648 e. The van der Waals surface area contributed by atoms with Crippen molar-refractivity contribution in [2.24, 2.45) is 0 Å². The Hall–Kier alpha value is -1.08. The van der Waals surface area contributed by atoms with Crippen LogP contribution in [0, 0.1) is 0 Å². The topological polar surface area (TPSA) is 0 Å². The molecule has 0 heterocycles. The zero-order valence-electron chi connectivity index (χ0n) is 10.6. The molecule has 0 saturated heterocycles. The summed E-state index contributed by atoms with van der Waals surface area (Å²) in [6.45, 7) is 2.30. The van der Waals surface area contributed by atoms with E-state index < -0.39 is 0 Å². The first-order chi connectivity index (χ1) is 8.79. The van der Waals surface area contributed by atoms with Crippen molar-refractivity contribution in [1.82, 2.24) is 0 Å². The van der Waals surface area contributed by atoms with E-state index in [0.717, 1.165) is 0 Å². The van der Waals surface area contributed by atoms with Crippen LogP contribution in [0.2, 0.25) is 0 Å². The van der Waals surface area contributed by atoms with Gasteiger partial charge in [-0.1, -0.05) is 53.2 Å². The zero-order chi connectivity index (χ0) is 12.5. The van der Waals surface area contributed by atoms with Gasteiger partial charge in [0.05, 0.1) is 0 Å². The second kappa shape index (κ2) is 4.89. The molecule has 0 bridgehead atoms. The molecule has 0 spiro atoms. The number of halogens is 1. The lowest BCUT2D eigenvalue weighted by molar-refractivity contribution is 0.613. The Morgan fingerprint density at radius 2 is 1.94 bits per heavy atom. The van der Waals surface area contributed by atoms with Gasteiger partial charge in [-0.2, -0.15) is 0 Å². The Labute approximate surface area is 117 Å². The molecule has 0 N–H and O–H groups in total. The summed E-state index contributed by atoms with van der Waals surface area (Å²) in [6.07, 6.45) is 3.69. The van der Waals surface area contributed by atoms with Crippen LogP contribution in [0.3, 0.4) is 0 Å². The molecule has 1 unspecified atom stereocenters. The lowest BCUT2D eigenvalue weighted by Crippen LogP contribution is -1.98. The first-order valence-corrected chi connectivity index (χ1v) is 7.46. The third-order valence-corrected chi connectivity index (χ3v) is 4.51. The second-order valence-electron chi connectivity index (χ2n) is 5.03. The normalized spacial score (nSPS) is 17.8. The monoisotopic (exact) mass is 300 g/mol. The Bertz CT molecular complexity index is 572. The van der Waals surface area contributed by atoms with Crippen molar-refractivity contribution in [2.75, 3.05) is 0 Å². The molecule has 2 aromatic rings. The smallest absolute Gasteiger partial charge is 0.0181 e. The molecule has 1 heteroatoms. The number of hydrogen-bond donors (Lipinski definition) is 0. The fraction of sp³-hybridized carbons (Fsp3) is 0.294. The van der Waals surface area contributed by atoms with Crippen LogP contribution in [0.25, 0.3) is 11.1 Å². The predicted molar refractivity (Wildman–Crippen MR) is 80.9 cm³/mol. The maximum atomic E-state index is 3.61. The highest BCUT2D eigenvalue weighted by molar-refractivity contribution is 9.10. The molecule has 18 heavy (non-hydrogen) atoms. The van der Waals surface area contributed by atoms with Crippen molar-refractivity contribution in [2.45, 2.75) is 32.1 Å². The molecular weight excluding hydrogens is 284 g/mol. The van der Waals surface area contributed by atoms with Gasteiger partial charge in [0.15, 0.2) is 0 Å². The Kier molecular flexibility index (Phi) is 3.25. The van der Waals surface area contributed by atoms with Crippen LogP contribution in [0.4, 0.5) is 0 Å². The highest BCUT2D eigenvalue weighted by Gasteiger charge is 2.20. The molecule has 0 amide bonds. The molecule has 0 aliphatic heterocycles. The number of benzene rings is 2. The summed E-state index contributed by atoms with van der Waals surface area (Å²) in [7, 11) is 0. The molecule has 0 fully saturated rings. The van der Waals surface area contributed by atoms with Crippen molar-refractivity contribution < 1.29 is 0 Å². The first kappa shape index (κ1) is 12.0. The van der Waals surface area contributed by atoms with E-state index in [4.69, 9.17) is 0 Å². The van der Waals surface area contributed by atoms with Gasteiger partial charge in [0, 0.05) is 4.47 Å². The van der Waals surface area contributed by atoms with Crippen LogP contribution in [0.5, 0.6) is 0 Å². The maximum Gasteiger partial charge on any atom is 0.0181 e. The van der Waals surface area contributed by atoms with Crippen molar-refractivity contribution in [1.29, 1.82) is 0 Å². The van der Waals surface area contributed by atoms with E-state index in [1.807, 2.05) is 0 Å². The third kappa shape index (κ3) is 2.01. The number of aryl methyl sites for hydroxylation is 1. The average molecular weight is 301 g/mol. The number of hydrogen-bond acceptors (Lipinski definition) is 0. The Morgan fingerprint density at radius 1 is 1.11 bits per heavy atom. The van der Waals surface area contributed by atoms with Crippen LogP contribution in [-0.2, 0) is 6.42 Å². The summed E-state index contributed by atoms with van der Waals surface area (Å²) >= 11 is 3.61. The minimum atomic E-state index is 0.695. The first-order valence-electron chi connectivity index (χ1n) is 6.67.